The van der Waals surface area contributed by atoms with E-state index in [0.29, 0.717) is 12.6 Å². The van der Waals surface area contributed by atoms with Crippen molar-refractivity contribution >= 4 is 0 Å². The maximum atomic E-state index is 12.4. The molecule has 4 nitrogen and oxygen atoms in total. The van der Waals surface area contributed by atoms with E-state index < -0.39 is 5.82 Å². The molecule has 0 bridgehead atoms. The van der Waals surface area contributed by atoms with Crippen LogP contribution in [0.4, 0.5) is 4.39 Å². The summed E-state index contributed by atoms with van der Waals surface area (Å²) in [5.74, 6) is -0.448. The maximum Gasteiger partial charge on any atom is 0.316 e. The molecule has 0 amide bonds. The predicted molar refractivity (Wildman–Crippen MR) is 48.5 cm³/mol. The molecule has 1 atom stereocenters. The number of hydrogen-bond acceptors (Lipinski definition) is 4. The highest BCUT2D eigenvalue weighted by atomic mass is 19.1. The average Bonchev–Trinajstić information content (AvgIpc) is 2.70. The van der Waals surface area contributed by atoms with Crippen LogP contribution >= 0.6 is 0 Å². The van der Waals surface area contributed by atoms with Crippen molar-refractivity contribution in [2.24, 2.45) is 0 Å². The van der Waals surface area contributed by atoms with E-state index >= 15 is 0 Å². The van der Waals surface area contributed by atoms with Crippen molar-refractivity contribution in [3.8, 4) is 6.01 Å². The molecule has 0 radical (unpaired) electrons. The van der Waals surface area contributed by atoms with Crippen molar-refractivity contribution in [3.05, 3.63) is 18.2 Å². The van der Waals surface area contributed by atoms with E-state index in [-0.39, 0.29) is 6.01 Å². The lowest BCUT2D eigenvalue weighted by molar-refractivity contribution is 0.256. The number of halogens is 1. The summed E-state index contributed by atoms with van der Waals surface area (Å²) in [6.45, 7) is 1.59. The van der Waals surface area contributed by atoms with Crippen LogP contribution in [0.5, 0.6) is 6.01 Å². The summed E-state index contributed by atoms with van der Waals surface area (Å²) >= 11 is 0. The Morgan fingerprint density at radius 3 is 2.93 bits per heavy atom. The van der Waals surface area contributed by atoms with Gasteiger partial charge in [0.2, 0.25) is 0 Å². The lowest BCUT2D eigenvalue weighted by atomic mass is 10.2. The van der Waals surface area contributed by atoms with Crippen LogP contribution in [0.1, 0.15) is 12.8 Å². The van der Waals surface area contributed by atoms with Crippen LogP contribution in [0, 0.1) is 5.82 Å². The average molecular weight is 197 g/mol. The van der Waals surface area contributed by atoms with Gasteiger partial charge in [-0.2, -0.15) is 0 Å². The first kappa shape index (κ1) is 9.33. The number of ether oxygens (including phenoxy) is 1. The quantitative estimate of drug-likeness (QED) is 0.776. The minimum atomic E-state index is -0.448. The molecule has 0 unspecified atom stereocenters. The molecule has 1 aliphatic heterocycles. The molecular formula is C9H12FN3O. The standard InChI is InChI=1S/C9H12FN3O/c10-7-4-12-9(13-5-7)14-6-8-2-1-3-11-8/h4-5,8,11H,1-3,6H2/t8-/m1/s1. The van der Waals surface area contributed by atoms with Gasteiger partial charge in [-0.1, -0.05) is 0 Å². The Labute approximate surface area is 81.5 Å². The van der Waals surface area contributed by atoms with Crippen molar-refractivity contribution in [3.63, 3.8) is 0 Å². The van der Waals surface area contributed by atoms with E-state index in [9.17, 15) is 4.39 Å². The number of hydrogen-bond donors (Lipinski definition) is 1. The Hall–Kier alpha value is -1.23. The molecule has 2 rings (SSSR count). The number of nitrogens with zero attached hydrogens (tertiary/aromatic N) is 2. The van der Waals surface area contributed by atoms with Crippen LogP contribution in [0.2, 0.25) is 0 Å². The fraction of sp³-hybridized carbons (Fsp3) is 0.556. The van der Waals surface area contributed by atoms with E-state index in [1.807, 2.05) is 0 Å². The third-order valence-corrected chi connectivity index (χ3v) is 2.17. The van der Waals surface area contributed by atoms with Gasteiger partial charge >= 0.3 is 6.01 Å². The normalized spacial score (nSPS) is 21.1. The summed E-state index contributed by atoms with van der Waals surface area (Å²) in [6, 6.07) is 0.615. The van der Waals surface area contributed by atoms with Gasteiger partial charge in [-0.3, -0.25) is 0 Å². The van der Waals surface area contributed by atoms with Gasteiger partial charge in [0.25, 0.3) is 0 Å². The lowest BCUT2D eigenvalue weighted by Gasteiger charge is -2.09. The van der Waals surface area contributed by atoms with Crippen LogP contribution in [0.25, 0.3) is 0 Å². The second-order valence-corrected chi connectivity index (χ2v) is 3.29. The SMILES string of the molecule is Fc1cnc(OC[C@H]2CCCN2)nc1. The smallest absolute Gasteiger partial charge is 0.316 e. The van der Waals surface area contributed by atoms with Crippen molar-refractivity contribution in [1.82, 2.24) is 15.3 Å². The molecule has 1 N–H and O–H groups in total. The van der Waals surface area contributed by atoms with Gasteiger partial charge in [0.15, 0.2) is 5.82 Å². The van der Waals surface area contributed by atoms with Crippen LogP contribution in [0.15, 0.2) is 12.4 Å². The fourth-order valence-electron chi connectivity index (χ4n) is 1.45. The Kier molecular flexibility index (Phi) is 2.88. The summed E-state index contributed by atoms with van der Waals surface area (Å²) in [5, 5.41) is 3.28. The Morgan fingerprint density at radius 2 is 2.29 bits per heavy atom. The number of nitrogens with one attached hydrogen (secondary N) is 1. The van der Waals surface area contributed by atoms with Gasteiger partial charge in [0, 0.05) is 6.04 Å². The van der Waals surface area contributed by atoms with Crippen LogP contribution in [-0.2, 0) is 0 Å². The van der Waals surface area contributed by atoms with E-state index in [1.165, 1.54) is 6.42 Å². The van der Waals surface area contributed by atoms with Gasteiger partial charge < -0.3 is 10.1 Å². The zero-order valence-corrected chi connectivity index (χ0v) is 7.74. The van der Waals surface area contributed by atoms with Crippen molar-refractivity contribution in [1.29, 1.82) is 0 Å². The Balaban J connectivity index is 1.82. The zero-order valence-electron chi connectivity index (χ0n) is 7.74. The van der Waals surface area contributed by atoms with Crippen LogP contribution < -0.4 is 10.1 Å². The maximum absolute atomic E-state index is 12.4. The molecule has 0 saturated carbocycles. The van der Waals surface area contributed by atoms with E-state index in [4.69, 9.17) is 4.74 Å². The van der Waals surface area contributed by atoms with E-state index in [0.717, 1.165) is 25.4 Å². The Bertz CT molecular complexity index is 285. The molecule has 14 heavy (non-hydrogen) atoms. The third kappa shape index (κ3) is 2.38. The second-order valence-electron chi connectivity index (χ2n) is 3.29. The summed E-state index contributed by atoms with van der Waals surface area (Å²) in [4.78, 5) is 7.41. The largest absolute Gasteiger partial charge is 0.462 e. The van der Waals surface area contributed by atoms with Crippen LogP contribution in [-0.4, -0.2) is 29.2 Å². The van der Waals surface area contributed by atoms with Crippen LogP contribution in [0.3, 0.4) is 0 Å². The summed E-state index contributed by atoms with van der Waals surface area (Å²) < 4.78 is 17.7. The highest BCUT2D eigenvalue weighted by Crippen LogP contribution is 2.07. The second kappa shape index (κ2) is 4.32. The lowest BCUT2D eigenvalue weighted by Crippen LogP contribution is -2.28. The minimum Gasteiger partial charge on any atom is -0.462 e. The van der Waals surface area contributed by atoms with Crippen molar-refractivity contribution < 1.29 is 9.13 Å². The molecule has 0 spiro atoms. The molecular weight excluding hydrogens is 185 g/mol. The molecule has 1 saturated heterocycles. The van der Waals surface area contributed by atoms with E-state index in [1.54, 1.807) is 0 Å². The van der Waals surface area contributed by atoms with Gasteiger partial charge in [-0.25, -0.2) is 14.4 Å². The zero-order chi connectivity index (χ0) is 9.80. The molecule has 76 valence electrons. The molecule has 1 aromatic heterocycles. The van der Waals surface area contributed by atoms with Gasteiger partial charge in [0.1, 0.15) is 6.61 Å². The molecule has 5 heteroatoms. The summed E-state index contributed by atoms with van der Waals surface area (Å²) in [7, 11) is 0. The molecule has 1 aliphatic rings. The first-order valence-electron chi connectivity index (χ1n) is 4.68. The number of aromatic nitrogens is 2. The minimum absolute atomic E-state index is 0.236. The van der Waals surface area contributed by atoms with Gasteiger partial charge in [-0.15, -0.1) is 0 Å². The highest BCUT2D eigenvalue weighted by Gasteiger charge is 2.14. The summed E-state index contributed by atoms with van der Waals surface area (Å²) in [6.07, 6.45) is 4.49. The van der Waals surface area contributed by atoms with E-state index in [2.05, 4.69) is 15.3 Å². The Morgan fingerprint density at radius 1 is 1.50 bits per heavy atom. The molecule has 0 aromatic carbocycles. The molecule has 1 aromatic rings. The van der Waals surface area contributed by atoms with Crippen molar-refractivity contribution in [2.45, 2.75) is 18.9 Å². The first-order valence-corrected chi connectivity index (χ1v) is 4.68. The topological polar surface area (TPSA) is 47.0 Å². The molecule has 1 fully saturated rings. The number of rotatable bonds is 3. The third-order valence-electron chi connectivity index (χ3n) is 2.17. The summed E-state index contributed by atoms with van der Waals surface area (Å²) in [5.41, 5.74) is 0. The van der Waals surface area contributed by atoms with Gasteiger partial charge in [-0.05, 0) is 19.4 Å². The molecule has 2 heterocycles. The van der Waals surface area contributed by atoms with Gasteiger partial charge in [0.05, 0.1) is 12.4 Å². The van der Waals surface area contributed by atoms with Crippen molar-refractivity contribution in [2.75, 3.05) is 13.2 Å². The fourth-order valence-corrected chi connectivity index (χ4v) is 1.45. The molecule has 0 aliphatic carbocycles. The predicted octanol–water partition coefficient (Wildman–Crippen LogP) is 0.747. The monoisotopic (exact) mass is 197 g/mol. The highest BCUT2D eigenvalue weighted by molar-refractivity contribution is 4.96. The first-order chi connectivity index (χ1) is 6.84.